The molecule has 2 aliphatic rings. The van der Waals surface area contributed by atoms with E-state index in [1.165, 1.54) is 19.3 Å². The SMILES string of the molecule is CC(C)NC(=O)N(Cc1cc(NC(=O)C2CC2)ccc1N(C)C)C1CCCCC1. The van der Waals surface area contributed by atoms with Crippen molar-refractivity contribution in [1.82, 2.24) is 10.2 Å². The Morgan fingerprint density at radius 2 is 1.76 bits per heavy atom. The highest BCUT2D eigenvalue weighted by Crippen LogP contribution is 2.32. The van der Waals surface area contributed by atoms with E-state index in [0.29, 0.717) is 6.54 Å². The quantitative estimate of drug-likeness (QED) is 0.715. The van der Waals surface area contributed by atoms with Crippen LogP contribution < -0.4 is 15.5 Å². The average molecular weight is 401 g/mol. The van der Waals surface area contributed by atoms with Crippen molar-refractivity contribution in [3.05, 3.63) is 23.8 Å². The number of nitrogens with zero attached hydrogens (tertiary/aromatic N) is 2. The summed E-state index contributed by atoms with van der Waals surface area (Å²) in [5.74, 6) is 0.276. The Morgan fingerprint density at radius 3 is 2.34 bits per heavy atom. The van der Waals surface area contributed by atoms with Crippen LogP contribution in [0.2, 0.25) is 0 Å². The average Bonchev–Trinajstić information content (AvgIpc) is 3.51. The van der Waals surface area contributed by atoms with Crippen LogP contribution in [0.3, 0.4) is 0 Å². The molecule has 0 spiro atoms. The van der Waals surface area contributed by atoms with Gasteiger partial charge >= 0.3 is 6.03 Å². The first-order valence-corrected chi connectivity index (χ1v) is 11.0. The lowest BCUT2D eigenvalue weighted by Gasteiger charge is -2.36. The van der Waals surface area contributed by atoms with E-state index >= 15 is 0 Å². The number of urea groups is 1. The maximum absolute atomic E-state index is 13.0. The molecule has 0 unspecified atom stereocenters. The summed E-state index contributed by atoms with van der Waals surface area (Å²) in [6.45, 7) is 4.54. The number of anilines is 2. The highest BCUT2D eigenvalue weighted by atomic mass is 16.2. The molecule has 0 aromatic heterocycles. The molecule has 160 valence electrons. The van der Waals surface area contributed by atoms with Crippen molar-refractivity contribution >= 4 is 23.3 Å². The molecule has 1 aromatic rings. The molecule has 2 saturated carbocycles. The van der Waals surface area contributed by atoms with Crippen LogP contribution in [0.5, 0.6) is 0 Å². The van der Waals surface area contributed by atoms with Gasteiger partial charge in [-0.05, 0) is 63.3 Å². The molecule has 2 fully saturated rings. The van der Waals surface area contributed by atoms with Crippen molar-refractivity contribution in [1.29, 1.82) is 0 Å². The van der Waals surface area contributed by atoms with E-state index in [4.69, 9.17) is 0 Å². The first-order valence-electron chi connectivity index (χ1n) is 11.0. The Morgan fingerprint density at radius 1 is 1.07 bits per heavy atom. The second kappa shape index (κ2) is 9.51. The summed E-state index contributed by atoms with van der Waals surface area (Å²) < 4.78 is 0. The lowest BCUT2D eigenvalue weighted by Crippen LogP contribution is -2.48. The van der Waals surface area contributed by atoms with Gasteiger partial charge in [0.05, 0.1) is 0 Å². The number of carbonyl (C=O) groups excluding carboxylic acids is 2. The first-order chi connectivity index (χ1) is 13.8. The van der Waals surface area contributed by atoms with Crippen LogP contribution in [0.25, 0.3) is 0 Å². The molecular weight excluding hydrogens is 364 g/mol. The third kappa shape index (κ3) is 5.87. The lowest BCUT2D eigenvalue weighted by atomic mass is 9.94. The van der Waals surface area contributed by atoms with Crippen molar-refractivity contribution in [2.24, 2.45) is 5.92 Å². The maximum atomic E-state index is 13.0. The van der Waals surface area contributed by atoms with Crippen LogP contribution in [0, 0.1) is 5.92 Å². The molecule has 3 rings (SSSR count). The highest BCUT2D eigenvalue weighted by Gasteiger charge is 2.30. The van der Waals surface area contributed by atoms with Gasteiger partial charge in [-0.2, -0.15) is 0 Å². The summed E-state index contributed by atoms with van der Waals surface area (Å²) in [5.41, 5.74) is 2.95. The third-order valence-electron chi connectivity index (χ3n) is 5.81. The zero-order valence-electron chi connectivity index (χ0n) is 18.3. The van der Waals surface area contributed by atoms with Gasteiger partial charge in [-0.1, -0.05) is 19.3 Å². The van der Waals surface area contributed by atoms with Crippen LogP contribution in [0.15, 0.2) is 18.2 Å². The molecular formula is C23H36N4O2. The fourth-order valence-corrected chi connectivity index (χ4v) is 4.09. The molecule has 0 heterocycles. The topological polar surface area (TPSA) is 64.7 Å². The molecule has 6 heteroatoms. The summed E-state index contributed by atoms with van der Waals surface area (Å²) >= 11 is 0. The number of nitrogens with one attached hydrogen (secondary N) is 2. The van der Waals surface area contributed by atoms with Gasteiger partial charge in [0.25, 0.3) is 0 Å². The van der Waals surface area contributed by atoms with Gasteiger partial charge in [-0.25, -0.2) is 4.79 Å². The van der Waals surface area contributed by atoms with Crippen molar-refractivity contribution < 1.29 is 9.59 Å². The standard InChI is InChI=1S/C23H36N4O2/c1-16(2)24-23(29)27(20-8-6-5-7-9-20)15-18-14-19(12-13-21(18)26(3)4)25-22(28)17-10-11-17/h12-14,16-17,20H,5-11,15H2,1-4H3,(H,24,29)(H,25,28). The Balaban J connectivity index is 1.84. The van der Waals surface area contributed by atoms with Gasteiger partial charge in [0.1, 0.15) is 0 Å². The fraction of sp³-hybridized carbons (Fsp3) is 0.652. The summed E-state index contributed by atoms with van der Waals surface area (Å²) in [6, 6.07) is 6.40. The molecule has 2 N–H and O–H groups in total. The predicted octanol–water partition coefficient (Wildman–Crippen LogP) is 4.35. The van der Waals surface area contributed by atoms with Crippen LogP contribution in [0.1, 0.15) is 64.4 Å². The minimum absolute atomic E-state index is 0.00373. The number of benzene rings is 1. The van der Waals surface area contributed by atoms with E-state index in [1.54, 1.807) is 0 Å². The smallest absolute Gasteiger partial charge is 0.318 e. The molecule has 0 bridgehead atoms. The van der Waals surface area contributed by atoms with E-state index in [9.17, 15) is 9.59 Å². The number of hydrogen-bond donors (Lipinski definition) is 2. The van der Waals surface area contributed by atoms with E-state index in [0.717, 1.165) is 42.6 Å². The molecule has 0 saturated heterocycles. The van der Waals surface area contributed by atoms with Gasteiger partial charge in [-0.3, -0.25) is 4.79 Å². The molecule has 29 heavy (non-hydrogen) atoms. The summed E-state index contributed by atoms with van der Waals surface area (Å²) in [6.07, 6.45) is 7.69. The predicted molar refractivity (Wildman–Crippen MR) is 118 cm³/mol. The van der Waals surface area contributed by atoms with Crippen LogP contribution >= 0.6 is 0 Å². The van der Waals surface area contributed by atoms with E-state index < -0.39 is 0 Å². The number of rotatable bonds is 7. The highest BCUT2D eigenvalue weighted by molar-refractivity contribution is 5.94. The van der Waals surface area contributed by atoms with E-state index in [-0.39, 0.29) is 29.9 Å². The lowest BCUT2D eigenvalue weighted by molar-refractivity contribution is -0.117. The molecule has 6 nitrogen and oxygen atoms in total. The summed E-state index contributed by atoms with van der Waals surface area (Å²) in [5, 5.41) is 6.13. The maximum Gasteiger partial charge on any atom is 0.318 e. The molecule has 2 aliphatic carbocycles. The second-order valence-electron chi connectivity index (χ2n) is 9.03. The molecule has 0 atom stereocenters. The summed E-state index contributed by atoms with van der Waals surface area (Å²) in [4.78, 5) is 29.3. The molecule has 1 aromatic carbocycles. The van der Waals surface area contributed by atoms with Gasteiger partial charge in [0.2, 0.25) is 5.91 Å². The van der Waals surface area contributed by atoms with Gasteiger partial charge in [0, 0.05) is 50.0 Å². The van der Waals surface area contributed by atoms with Crippen LogP contribution in [-0.2, 0) is 11.3 Å². The monoisotopic (exact) mass is 400 g/mol. The van der Waals surface area contributed by atoms with E-state index in [1.807, 2.05) is 51.0 Å². The van der Waals surface area contributed by atoms with Crippen LogP contribution in [0.4, 0.5) is 16.2 Å². The van der Waals surface area contributed by atoms with Crippen molar-refractivity contribution in [3.8, 4) is 0 Å². The largest absolute Gasteiger partial charge is 0.377 e. The molecule has 3 amide bonds. The van der Waals surface area contributed by atoms with Crippen LogP contribution in [-0.4, -0.2) is 43.0 Å². The number of amides is 3. The molecule has 0 aliphatic heterocycles. The minimum Gasteiger partial charge on any atom is -0.377 e. The Bertz CT molecular complexity index is 722. The normalized spacial score (nSPS) is 17.1. The van der Waals surface area contributed by atoms with Crippen molar-refractivity contribution in [2.75, 3.05) is 24.3 Å². The summed E-state index contributed by atoms with van der Waals surface area (Å²) in [7, 11) is 4.03. The van der Waals surface area contributed by atoms with Crippen molar-refractivity contribution in [3.63, 3.8) is 0 Å². The number of hydrogen-bond acceptors (Lipinski definition) is 3. The Hall–Kier alpha value is -2.24. The molecule has 0 radical (unpaired) electrons. The zero-order chi connectivity index (χ0) is 21.0. The van der Waals surface area contributed by atoms with Gasteiger partial charge in [-0.15, -0.1) is 0 Å². The zero-order valence-corrected chi connectivity index (χ0v) is 18.3. The van der Waals surface area contributed by atoms with Crippen molar-refractivity contribution in [2.45, 2.75) is 77.4 Å². The minimum atomic E-state index is 0.00373. The van der Waals surface area contributed by atoms with Gasteiger partial charge < -0.3 is 20.4 Å². The first kappa shape index (κ1) is 21.5. The number of carbonyl (C=O) groups is 2. The second-order valence-corrected chi connectivity index (χ2v) is 9.03. The third-order valence-corrected chi connectivity index (χ3v) is 5.81. The van der Waals surface area contributed by atoms with E-state index in [2.05, 4.69) is 15.5 Å². The Kier molecular flexibility index (Phi) is 7.04. The van der Waals surface area contributed by atoms with Gasteiger partial charge in [0.15, 0.2) is 0 Å². The Labute approximate surface area is 175 Å². The fourth-order valence-electron chi connectivity index (χ4n) is 4.09.